The molecule has 0 unspecified atom stereocenters. The number of nitrogens with two attached hydrogens (primary N) is 1. The fourth-order valence-electron chi connectivity index (χ4n) is 2.17. The van der Waals surface area contributed by atoms with Crippen molar-refractivity contribution in [3.8, 4) is 11.4 Å². The van der Waals surface area contributed by atoms with Crippen LogP contribution in [0.15, 0.2) is 30.5 Å². The number of H-pyrrole nitrogens is 1. The first-order valence-corrected chi connectivity index (χ1v) is 5.83. The average molecular weight is 238 g/mol. The van der Waals surface area contributed by atoms with Crippen LogP contribution in [0.5, 0.6) is 0 Å². The Kier molecular flexibility index (Phi) is 2.30. The second kappa shape index (κ2) is 3.84. The number of benzene rings is 1. The van der Waals surface area contributed by atoms with Gasteiger partial charge in [-0.3, -0.25) is 0 Å². The van der Waals surface area contributed by atoms with Crippen molar-refractivity contribution in [3.05, 3.63) is 41.6 Å². The van der Waals surface area contributed by atoms with E-state index in [1.807, 2.05) is 38.1 Å². The number of nitrogens with zero attached hydrogens (tertiary/aromatic N) is 2. The lowest BCUT2D eigenvalue weighted by Crippen LogP contribution is -1.93. The van der Waals surface area contributed by atoms with E-state index in [2.05, 4.69) is 15.0 Å². The number of nitrogen functional groups attached to an aromatic ring is 1. The molecule has 2 heterocycles. The van der Waals surface area contributed by atoms with E-state index < -0.39 is 0 Å². The molecule has 4 nitrogen and oxygen atoms in total. The van der Waals surface area contributed by atoms with Crippen LogP contribution in [0.3, 0.4) is 0 Å². The third-order valence-corrected chi connectivity index (χ3v) is 3.14. The van der Waals surface area contributed by atoms with Gasteiger partial charge in [0, 0.05) is 17.4 Å². The zero-order valence-electron chi connectivity index (χ0n) is 10.4. The summed E-state index contributed by atoms with van der Waals surface area (Å²) in [6.45, 7) is 4.06. The molecule has 0 fully saturated rings. The number of aryl methyl sites for hydroxylation is 2. The summed E-state index contributed by atoms with van der Waals surface area (Å²) in [5, 5.41) is 0. The molecule has 0 atom stereocenters. The number of anilines is 1. The highest BCUT2D eigenvalue weighted by molar-refractivity contribution is 5.83. The molecule has 90 valence electrons. The number of fused-ring (bicyclic) bond motifs is 1. The summed E-state index contributed by atoms with van der Waals surface area (Å²) < 4.78 is 0. The molecule has 1 aromatic carbocycles. The van der Waals surface area contributed by atoms with Crippen LogP contribution in [0.2, 0.25) is 0 Å². The van der Waals surface area contributed by atoms with E-state index in [4.69, 9.17) is 5.73 Å². The summed E-state index contributed by atoms with van der Waals surface area (Å²) in [6.07, 6.45) is 1.77. The first-order valence-electron chi connectivity index (χ1n) is 5.83. The number of imidazole rings is 1. The van der Waals surface area contributed by atoms with E-state index in [-0.39, 0.29) is 0 Å². The molecule has 3 N–H and O–H groups in total. The van der Waals surface area contributed by atoms with Crippen LogP contribution in [0, 0.1) is 13.8 Å². The monoisotopic (exact) mass is 238 g/mol. The lowest BCUT2D eigenvalue weighted by atomic mass is 10.1. The second-order valence-electron chi connectivity index (χ2n) is 4.45. The van der Waals surface area contributed by atoms with Crippen LogP contribution in [0.4, 0.5) is 5.69 Å². The number of aromatic nitrogens is 3. The Hall–Kier alpha value is -2.36. The molecule has 18 heavy (non-hydrogen) atoms. The third-order valence-electron chi connectivity index (χ3n) is 3.14. The SMILES string of the molecule is Cc1cccc(N)c1-c1nc2nccc(C)c2[nH]1. The molecule has 0 aliphatic carbocycles. The van der Waals surface area contributed by atoms with Gasteiger partial charge in [0.05, 0.1) is 5.52 Å². The first-order chi connectivity index (χ1) is 8.66. The number of pyridine rings is 1. The van der Waals surface area contributed by atoms with Gasteiger partial charge in [0.25, 0.3) is 0 Å². The maximum absolute atomic E-state index is 6.03. The normalized spacial score (nSPS) is 11.0. The first kappa shape index (κ1) is 10.8. The molecular weight excluding hydrogens is 224 g/mol. The number of hydrogen-bond donors (Lipinski definition) is 2. The Morgan fingerprint density at radius 2 is 1.94 bits per heavy atom. The van der Waals surface area contributed by atoms with Gasteiger partial charge in [0.1, 0.15) is 5.82 Å². The highest BCUT2D eigenvalue weighted by Gasteiger charge is 2.12. The predicted molar refractivity (Wildman–Crippen MR) is 73.2 cm³/mol. The van der Waals surface area contributed by atoms with Gasteiger partial charge < -0.3 is 10.7 Å². The van der Waals surface area contributed by atoms with Gasteiger partial charge in [0.2, 0.25) is 0 Å². The molecule has 0 saturated carbocycles. The standard InChI is InChI=1S/C14H14N4/c1-8-4-3-5-10(15)11(8)13-17-12-9(2)6-7-16-14(12)18-13/h3-7H,15H2,1-2H3,(H,16,17,18). The van der Waals surface area contributed by atoms with Crippen molar-refractivity contribution < 1.29 is 0 Å². The minimum absolute atomic E-state index is 0.728. The minimum atomic E-state index is 0.728. The van der Waals surface area contributed by atoms with E-state index in [1.54, 1.807) is 6.20 Å². The maximum atomic E-state index is 6.03. The molecule has 0 amide bonds. The summed E-state index contributed by atoms with van der Waals surface area (Å²) in [5.74, 6) is 0.780. The molecule has 2 aromatic heterocycles. The summed E-state index contributed by atoms with van der Waals surface area (Å²) >= 11 is 0. The lowest BCUT2D eigenvalue weighted by Gasteiger charge is -2.05. The van der Waals surface area contributed by atoms with Crippen LogP contribution < -0.4 is 5.73 Å². The van der Waals surface area contributed by atoms with Gasteiger partial charge in [-0.15, -0.1) is 0 Å². The topological polar surface area (TPSA) is 67.6 Å². The van der Waals surface area contributed by atoms with E-state index in [9.17, 15) is 0 Å². The van der Waals surface area contributed by atoms with E-state index in [0.29, 0.717) is 0 Å². The molecule has 0 aliphatic rings. The molecule has 0 bridgehead atoms. The zero-order valence-corrected chi connectivity index (χ0v) is 10.4. The Labute approximate surface area is 105 Å². The maximum Gasteiger partial charge on any atom is 0.178 e. The fraction of sp³-hybridized carbons (Fsp3) is 0.143. The Morgan fingerprint density at radius 3 is 2.67 bits per heavy atom. The smallest absolute Gasteiger partial charge is 0.178 e. The van der Waals surface area contributed by atoms with Crippen LogP contribution in [-0.2, 0) is 0 Å². The summed E-state index contributed by atoms with van der Waals surface area (Å²) in [5.41, 5.74) is 11.6. The highest BCUT2D eigenvalue weighted by atomic mass is 15.0. The van der Waals surface area contributed by atoms with Crippen molar-refractivity contribution in [2.75, 3.05) is 5.73 Å². The van der Waals surface area contributed by atoms with E-state index in [1.165, 1.54) is 0 Å². The van der Waals surface area contributed by atoms with Crippen LogP contribution in [0.1, 0.15) is 11.1 Å². The van der Waals surface area contributed by atoms with Crippen LogP contribution >= 0.6 is 0 Å². The molecule has 0 aliphatic heterocycles. The highest BCUT2D eigenvalue weighted by Crippen LogP contribution is 2.28. The second-order valence-corrected chi connectivity index (χ2v) is 4.45. The predicted octanol–water partition coefficient (Wildman–Crippen LogP) is 2.82. The average Bonchev–Trinajstić information content (AvgIpc) is 2.74. The molecule has 0 radical (unpaired) electrons. The summed E-state index contributed by atoms with van der Waals surface area (Å²) in [7, 11) is 0. The van der Waals surface area contributed by atoms with Gasteiger partial charge in [-0.1, -0.05) is 12.1 Å². The number of rotatable bonds is 1. The van der Waals surface area contributed by atoms with Crippen molar-refractivity contribution in [3.63, 3.8) is 0 Å². The van der Waals surface area contributed by atoms with Crippen molar-refractivity contribution >= 4 is 16.9 Å². The largest absolute Gasteiger partial charge is 0.398 e. The van der Waals surface area contributed by atoms with Gasteiger partial charge in [-0.05, 0) is 37.1 Å². The minimum Gasteiger partial charge on any atom is -0.398 e. The molecule has 4 heteroatoms. The van der Waals surface area contributed by atoms with Crippen LogP contribution in [-0.4, -0.2) is 15.0 Å². The van der Waals surface area contributed by atoms with E-state index in [0.717, 1.165) is 39.4 Å². The Morgan fingerprint density at radius 1 is 1.11 bits per heavy atom. The molecule has 3 aromatic rings. The quantitative estimate of drug-likeness (QED) is 0.640. The zero-order chi connectivity index (χ0) is 12.7. The third kappa shape index (κ3) is 1.54. The molecular formula is C14H14N4. The van der Waals surface area contributed by atoms with Crippen molar-refractivity contribution in [1.29, 1.82) is 0 Å². The van der Waals surface area contributed by atoms with Crippen molar-refractivity contribution in [2.24, 2.45) is 0 Å². The van der Waals surface area contributed by atoms with Crippen molar-refractivity contribution in [2.45, 2.75) is 13.8 Å². The molecule has 0 saturated heterocycles. The Balaban J connectivity index is 2.30. The van der Waals surface area contributed by atoms with Gasteiger partial charge >= 0.3 is 0 Å². The fourth-order valence-corrected chi connectivity index (χ4v) is 2.17. The Bertz CT molecular complexity index is 707. The number of aromatic amines is 1. The van der Waals surface area contributed by atoms with Gasteiger partial charge in [-0.2, -0.15) is 0 Å². The molecule has 0 spiro atoms. The summed E-state index contributed by atoms with van der Waals surface area (Å²) in [4.78, 5) is 12.1. The van der Waals surface area contributed by atoms with E-state index >= 15 is 0 Å². The van der Waals surface area contributed by atoms with Crippen LogP contribution in [0.25, 0.3) is 22.6 Å². The van der Waals surface area contributed by atoms with Gasteiger partial charge in [0.15, 0.2) is 5.65 Å². The number of hydrogen-bond acceptors (Lipinski definition) is 3. The van der Waals surface area contributed by atoms with Gasteiger partial charge in [-0.25, -0.2) is 9.97 Å². The van der Waals surface area contributed by atoms with Crippen molar-refractivity contribution in [1.82, 2.24) is 15.0 Å². The molecule has 3 rings (SSSR count). The number of nitrogens with one attached hydrogen (secondary N) is 1. The summed E-state index contributed by atoms with van der Waals surface area (Å²) in [6, 6.07) is 7.82. The lowest BCUT2D eigenvalue weighted by molar-refractivity contribution is 1.28.